The maximum atomic E-state index is 13.1. The molecule has 0 unspecified atom stereocenters. The number of hydrogen-bond donors (Lipinski definition) is 0. The van der Waals surface area contributed by atoms with Gasteiger partial charge >= 0.3 is 18.1 Å². The number of piperidine rings is 2. The molecule has 2 aliphatic rings. The second-order valence-corrected chi connectivity index (χ2v) is 12.4. The maximum absolute atomic E-state index is 13.1. The van der Waals surface area contributed by atoms with E-state index in [0.717, 1.165) is 29.8 Å². The number of fused-ring (bicyclic) bond motifs is 1. The lowest BCUT2D eigenvalue weighted by atomic mass is 9.88. The predicted octanol–water partition coefficient (Wildman–Crippen LogP) is 6.99. The van der Waals surface area contributed by atoms with E-state index in [1.807, 2.05) is 18.2 Å². The molecule has 2 saturated heterocycles. The number of benzene rings is 3. The number of oxazole rings is 1. The van der Waals surface area contributed by atoms with Gasteiger partial charge in [-0.15, -0.1) is 0 Å². The number of hydrogen-bond acceptors (Lipinski definition) is 4. The van der Waals surface area contributed by atoms with Crippen LogP contribution >= 0.6 is 0 Å². The molecule has 6 rings (SSSR count). The Bertz CT molecular complexity index is 1830. The molecule has 0 bridgehead atoms. The summed E-state index contributed by atoms with van der Waals surface area (Å²) in [4.78, 5) is 42.3. The first-order valence-corrected chi connectivity index (χ1v) is 15.8. The van der Waals surface area contributed by atoms with Gasteiger partial charge in [0, 0.05) is 37.8 Å². The van der Waals surface area contributed by atoms with Gasteiger partial charge in [-0.2, -0.15) is 26.3 Å². The number of carbonyl (C=O) groups excluding carboxylic acids is 2. The Morgan fingerprint density at radius 3 is 1.58 bits per heavy atom. The monoisotopic (exact) mass is 673 g/mol. The summed E-state index contributed by atoms with van der Waals surface area (Å²) in [6.07, 6.45) is -6.60. The number of carbonyl (C=O) groups is 2. The molecule has 3 aromatic carbocycles. The van der Waals surface area contributed by atoms with E-state index in [1.165, 1.54) is 24.3 Å². The van der Waals surface area contributed by atoms with Crippen LogP contribution in [0.25, 0.3) is 11.1 Å². The van der Waals surface area contributed by atoms with Crippen molar-refractivity contribution in [3.8, 4) is 0 Å². The van der Waals surface area contributed by atoms with E-state index >= 15 is 0 Å². The first-order valence-electron chi connectivity index (χ1n) is 15.8. The summed E-state index contributed by atoms with van der Waals surface area (Å²) in [5, 5.41) is 0. The number of likely N-dealkylation sites (tertiary alicyclic amines) is 2. The highest BCUT2D eigenvalue weighted by molar-refractivity contribution is 5.80. The molecule has 2 aliphatic heterocycles. The summed E-state index contributed by atoms with van der Waals surface area (Å²) in [6, 6.07) is 14.6. The average molecular weight is 674 g/mol. The summed E-state index contributed by atoms with van der Waals surface area (Å²) < 4.78 is 84.6. The van der Waals surface area contributed by atoms with Crippen molar-refractivity contribution in [1.29, 1.82) is 0 Å². The number of alkyl halides is 6. The minimum absolute atomic E-state index is 0.00951. The van der Waals surface area contributed by atoms with E-state index in [1.54, 1.807) is 14.4 Å². The topological polar surface area (TPSA) is 75.8 Å². The molecule has 48 heavy (non-hydrogen) atoms. The van der Waals surface area contributed by atoms with Crippen LogP contribution in [0.15, 0.2) is 75.9 Å². The highest BCUT2D eigenvalue weighted by atomic mass is 19.4. The van der Waals surface area contributed by atoms with Gasteiger partial charge in [-0.3, -0.25) is 14.2 Å². The second kappa shape index (κ2) is 13.2. The first-order chi connectivity index (χ1) is 22.8. The van der Waals surface area contributed by atoms with Crippen molar-refractivity contribution in [2.24, 2.45) is 0 Å². The molecule has 4 aromatic rings. The Hall–Kier alpha value is -4.55. The Labute approximate surface area is 271 Å². The largest absolute Gasteiger partial charge is 0.420 e. The minimum Gasteiger partial charge on any atom is -0.407 e. The number of amides is 2. The number of aromatic nitrogens is 1. The van der Waals surface area contributed by atoms with Crippen LogP contribution < -0.4 is 5.76 Å². The molecule has 254 valence electrons. The van der Waals surface area contributed by atoms with E-state index in [4.69, 9.17) is 4.42 Å². The molecule has 2 fully saturated rings. The molecule has 0 radical (unpaired) electrons. The third-order valence-electron chi connectivity index (χ3n) is 9.41. The summed E-state index contributed by atoms with van der Waals surface area (Å²) in [5.74, 6) is -0.805. The van der Waals surface area contributed by atoms with E-state index in [0.29, 0.717) is 74.1 Å². The number of halogens is 6. The van der Waals surface area contributed by atoms with Gasteiger partial charge in [0.25, 0.3) is 0 Å². The zero-order valence-corrected chi connectivity index (χ0v) is 25.8. The zero-order chi connectivity index (χ0) is 34.2. The Morgan fingerprint density at radius 2 is 1.12 bits per heavy atom. The molecule has 3 heterocycles. The van der Waals surface area contributed by atoms with E-state index < -0.39 is 29.2 Å². The molecule has 0 aliphatic carbocycles. The Kier molecular flexibility index (Phi) is 9.14. The maximum Gasteiger partial charge on any atom is 0.420 e. The van der Waals surface area contributed by atoms with Crippen LogP contribution in [0.2, 0.25) is 0 Å². The lowest BCUT2D eigenvalue weighted by Crippen LogP contribution is -2.41. The van der Waals surface area contributed by atoms with Crippen LogP contribution in [-0.4, -0.2) is 52.4 Å². The SMILES string of the molecule is O=C(Cc1ccc(C(F)(F)F)cc1)N1CCC(c2cccc3c2oc(=O)n3C2CCN(C(=O)Cc3ccc(C(F)(F)F)cc3)CC2)CC1. The van der Waals surface area contributed by atoms with Gasteiger partial charge < -0.3 is 14.2 Å². The average Bonchev–Trinajstić information content (AvgIpc) is 3.40. The third-order valence-corrected chi connectivity index (χ3v) is 9.41. The smallest absolute Gasteiger partial charge is 0.407 e. The molecule has 0 spiro atoms. The van der Waals surface area contributed by atoms with Gasteiger partial charge in [-0.25, -0.2) is 4.79 Å². The van der Waals surface area contributed by atoms with Gasteiger partial charge in [-0.1, -0.05) is 36.4 Å². The number of rotatable bonds is 6. The highest BCUT2D eigenvalue weighted by Crippen LogP contribution is 2.35. The molecule has 7 nitrogen and oxygen atoms in total. The van der Waals surface area contributed by atoms with Crippen LogP contribution in [0, 0.1) is 0 Å². The van der Waals surface area contributed by atoms with Crippen molar-refractivity contribution in [3.63, 3.8) is 0 Å². The minimum atomic E-state index is -4.44. The molecular formula is C35H33F6N3O4. The van der Waals surface area contributed by atoms with Crippen molar-refractivity contribution < 1.29 is 40.3 Å². The summed E-state index contributed by atoms with van der Waals surface area (Å²) in [7, 11) is 0. The van der Waals surface area contributed by atoms with Crippen molar-refractivity contribution >= 4 is 22.9 Å². The van der Waals surface area contributed by atoms with E-state index in [2.05, 4.69) is 0 Å². The van der Waals surface area contributed by atoms with E-state index in [9.17, 15) is 40.7 Å². The lowest BCUT2D eigenvalue weighted by molar-refractivity contribution is -0.138. The van der Waals surface area contributed by atoms with Gasteiger partial charge in [-0.05, 0) is 73.1 Å². The van der Waals surface area contributed by atoms with Crippen LogP contribution in [0.4, 0.5) is 26.3 Å². The first kappa shape index (κ1) is 33.4. The van der Waals surface area contributed by atoms with Crippen molar-refractivity contribution in [2.75, 3.05) is 26.2 Å². The standard InChI is InChI=1S/C35H33F6N3O4/c36-34(37,38)25-8-4-22(5-9-25)20-30(45)42-16-12-24(13-17-42)28-2-1-3-29-32(28)48-33(47)44(29)27-14-18-43(19-15-27)31(46)21-23-6-10-26(11-7-23)35(39,40)41/h1-11,24,27H,12-21H2. The quantitative estimate of drug-likeness (QED) is 0.207. The predicted molar refractivity (Wildman–Crippen MR) is 164 cm³/mol. The lowest BCUT2D eigenvalue weighted by Gasteiger charge is -2.33. The number of nitrogens with zero attached hydrogens (tertiary/aromatic N) is 3. The van der Waals surface area contributed by atoms with Gasteiger partial charge in [0.2, 0.25) is 11.8 Å². The van der Waals surface area contributed by atoms with Crippen molar-refractivity contribution in [2.45, 2.75) is 62.8 Å². The molecule has 0 saturated carbocycles. The molecule has 0 N–H and O–H groups in total. The fraction of sp³-hybridized carbons (Fsp3) is 0.400. The fourth-order valence-corrected chi connectivity index (χ4v) is 6.75. The Balaban J connectivity index is 1.06. The van der Waals surface area contributed by atoms with Crippen LogP contribution in [0.5, 0.6) is 0 Å². The van der Waals surface area contributed by atoms with Crippen molar-refractivity contribution in [3.05, 3.63) is 105 Å². The third kappa shape index (κ3) is 7.14. The summed E-state index contributed by atoms with van der Waals surface area (Å²) in [5.41, 5.74) is 1.51. The second-order valence-electron chi connectivity index (χ2n) is 12.4. The zero-order valence-electron chi connectivity index (χ0n) is 25.8. The van der Waals surface area contributed by atoms with Crippen molar-refractivity contribution in [1.82, 2.24) is 14.4 Å². The van der Waals surface area contributed by atoms with Gasteiger partial charge in [0.1, 0.15) is 0 Å². The van der Waals surface area contributed by atoms with Gasteiger partial charge in [0.15, 0.2) is 5.58 Å². The van der Waals surface area contributed by atoms with E-state index in [-0.39, 0.29) is 36.6 Å². The fourth-order valence-electron chi connectivity index (χ4n) is 6.75. The Morgan fingerprint density at radius 1 is 0.667 bits per heavy atom. The summed E-state index contributed by atoms with van der Waals surface area (Å²) >= 11 is 0. The van der Waals surface area contributed by atoms with Crippen LogP contribution in [-0.2, 0) is 34.8 Å². The molecule has 13 heteroatoms. The summed E-state index contributed by atoms with van der Waals surface area (Å²) in [6.45, 7) is 1.71. The van der Waals surface area contributed by atoms with Crippen LogP contribution in [0.1, 0.15) is 65.5 Å². The highest BCUT2D eigenvalue weighted by Gasteiger charge is 2.33. The molecule has 1 aromatic heterocycles. The van der Waals surface area contributed by atoms with Gasteiger partial charge in [0.05, 0.1) is 29.5 Å². The normalized spacial score (nSPS) is 16.9. The molecule has 0 atom stereocenters. The molecular weight excluding hydrogens is 640 g/mol. The van der Waals surface area contributed by atoms with Crippen LogP contribution in [0.3, 0.4) is 0 Å². The number of para-hydroxylation sites is 1. The molecule has 2 amide bonds.